The van der Waals surface area contributed by atoms with Gasteiger partial charge < -0.3 is 9.63 Å². The Bertz CT molecular complexity index is 515. The highest BCUT2D eigenvalue weighted by molar-refractivity contribution is 5.40. The number of aliphatic hydroxyl groups excluding tert-OH is 1. The van der Waals surface area contributed by atoms with Gasteiger partial charge in [-0.25, -0.2) is 18.7 Å². The molecule has 0 bridgehead atoms. The summed E-state index contributed by atoms with van der Waals surface area (Å²) in [4.78, 5) is 11.8. The molecule has 1 atom stereocenters. The van der Waals surface area contributed by atoms with E-state index < -0.39 is 19.0 Å². The molecular weight excluding hydrogens is 246 g/mol. The predicted octanol–water partition coefficient (Wildman–Crippen LogP) is 1.00. The van der Waals surface area contributed by atoms with Crippen LogP contribution >= 0.6 is 0 Å². The zero-order chi connectivity index (χ0) is 13.1. The second kappa shape index (κ2) is 5.13. The van der Waals surface area contributed by atoms with Gasteiger partial charge in [-0.2, -0.15) is 4.98 Å². The minimum atomic E-state index is -2.85. The van der Waals surface area contributed by atoms with Gasteiger partial charge >= 0.3 is 0 Å². The van der Waals surface area contributed by atoms with E-state index >= 15 is 0 Å². The highest BCUT2D eigenvalue weighted by Crippen LogP contribution is 2.13. The fourth-order valence-electron chi connectivity index (χ4n) is 1.20. The van der Waals surface area contributed by atoms with E-state index in [0.717, 1.165) is 5.56 Å². The molecule has 18 heavy (non-hydrogen) atoms. The number of nitrogens with zero attached hydrogens (tertiary/aromatic N) is 4. The second-order valence-electron chi connectivity index (χ2n) is 3.70. The third-order valence-corrected chi connectivity index (χ3v) is 2.12. The Morgan fingerprint density at radius 3 is 2.56 bits per heavy atom. The third kappa shape index (κ3) is 2.83. The van der Waals surface area contributed by atoms with Crippen molar-refractivity contribution >= 4 is 0 Å². The first-order chi connectivity index (χ1) is 8.56. The lowest BCUT2D eigenvalue weighted by atomic mass is 10.2. The van der Waals surface area contributed by atoms with E-state index in [2.05, 4.69) is 20.1 Å². The zero-order valence-electron chi connectivity index (χ0n) is 9.42. The van der Waals surface area contributed by atoms with Gasteiger partial charge in [0.25, 0.3) is 6.43 Å². The average molecular weight is 256 g/mol. The van der Waals surface area contributed by atoms with E-state index in [4.69, 9.17) is 9.63 Å². The van der Waals surface area contributed by atoms with Crippen molar-refractivity contribution in [1.29, 1.82) is 0 Å². The topological polar surface area (TPSA) is 84.9 Å². The molecule has 2 rings (SSSR count). The maximum atomic E-state index is 12.1. The molecule has 2 aromatic rings. The lowest BCUT2D eigenvalue weighted by Crippen LogP contribution is -2.20. The van der Waals surface area contributed by atoms with Crippen molar-refractivity contribution in [2.45, 2.75) is 25.9 Å². The molecule has 0 spiro atoms. The number of hydrogen-bond donors (Lipinski definition) is 1. The summed E-state index contributed by atoms with van der Waals surface area (Å²) < 4.78 is 29.0. The highest BCUT2D eigenvalue weighted by atomic mass is 19.3. The highest BCUT2D eigenvalue weighted by Gasteiger charge is 2.21. The van der Waals surface area contributed by atoms with E-state index in [1.165, 1.54) is 0 Å². The van der Waals surface area contributed by atoms with Gasteiger partial charge in [-0.3, -0.25) is 0 Å². The van der Waals surface area contributed by atoms with E-state index in [1.54, 1.807) is 12.4 Å². The largest absolute Gasteiger partial charge is 0.387 e. The van der Waals surface area contributed by atoms with Crippen LogP contribution in [-0.4, -0.2) is 37.7 Å². The zero-order valence-corrected chi connectivity index (χ0v) is 9.42. The number of halogens is 2. The number of aromatic nitrogens is 4. The van der Waals surface area contributed by atoms with Gasteiger partial charge in [0.05, 0.1) is 6.42 Å². The van der Waals surface area contributed by atoms with Crippen LogP contribution in [0.4, 0.5) is 8.78 Å². The molecule has 0 aliphatic rings. The molecule has 0 fully saturated rings. The van der Waals surface area contributed by atoms with Crippen molar-refractivity contribution in [3.8, 4) is 11.6 Å². The first kappa shape index (κ1) is 12.5. The molecule has 0 aliphatic heterocycles. The summed E-state index contributed by atoms with van der Waals surface area (Å²) in [6.45, 7) is 1.82. The van der Waals surface area contributed by atoms with E-state index in [9.17, 15) is 8.78 Å². The summed E-state index contributed by atoms with van der Waals surface area (Å²) in [5, 5.41) is 12.5. The lowest BCUT2D eigenvalue weighted by molar-refractivity contribution is -0.00754. The lowest BCUT2D eigenvalue weighted by Gasteiger charge is -2.04. The summed E-state index contributed by atoms with van der Waals surface area (Å²) in [5.74, 6) is 0.260. The molecule has 0 radical (unpaired) electrons. The molecule has 0 saturated heterocycles. The monoisotopic (exact) mass is 256 g/mol. The summed E-state index contributed by atoms with van der Waals surface area (Å²) in [7, 11) is 0. The molecule has 0 aliphatic carbocycles. The van der Waals surface area contributed by atoms with Gasteiger partial charge in [-0.15, -0.1) is 0 Å². The second-order valence-corrected chi connectivity index (χ2v) is 3.70. The van der Waals surface area contributed by atoms with Crippen LogP contribution in [0.25, 0.3) is 11.6 Å². The molecule has 1 N–H and O–H groups in total. The van der Waals surface area contributed by atoms with Crippen LogP contribution in [0.1, 0.15) is 11.5 Å². The van der Waals surface area contributed by atoms with Crippen molar-refractivity contribution in [3.05, 3.63) is 23.8 Å². The van der Waals surface area contributed by atoms with Crippen molar-refractivity contribution in [2.24, 2.45) is 0 Å². The first-order valence-corrected chi connectivity index (χ1v) is 5.14. The van der Waals surface area contributed by atoms with E-state index in [0.29, 0.717) is 0 Å². The Labute approximate surface area is 101 Å². The van der Waals surface area contributed by atoms with Gasteiger partial charge in [0.1, 0.15) is 6.10 Å². The molecule has 0 saturated carbocycles. The Hall–Kier alpha value is -1.96. The average Bonchev–Trinajstić information content (AvgIpc) is 2.78. The van der Waals surface area contributed by atoms with Gasteiger partial charge in [0.15, 0.2) is 0 Å². The normalized spacial score (nSPS) is 12.9. The Kier molecular flexibility index (Phi) is 3.56. The quantitative estimate of drug-likeness (QED) is 0.878. The van der Waals surface area contributed by atoms with Gasteiger partial charge in [0, 0.05) is 12.4 Å². The summed E-state index contributed by atoms with van der Waals surface area (Å²) in [6, 6.07) is 0. The van der Waals surface area contributed by atoms with Crippen molar-refractivity contribution in [1.82, 2.24) is 20.1 Å². The Morgan fingerprint density at radius 1 is 1.28 bits per heavy atom. The van der Waals surface area contributed by atoms with E-state index in [1.807, 2.05) is 6.92 Å². The standard InChI is InChI=1S/C10H10F2N4O2/c1-5-3-13-9(14-4-5)10-15-7(18-16-10)2-6(17)8(11)12/h3-4,6,8,17H,2H2,1H3. The van der Waals surface area contributed by atoms with Gasteiger partial charge in [-0.05, 0) is 12.5 Å². The number of aryl methyl sites for hydroxylation is 1. The van der Waals surface area contributed by atoms with Crippen molar-refractivity contribution < 1.29 is 18.4 Å². The van der Waals surface area contributed by atoms with Gasteiger partial charge in [-0.1, -0.05) is 5.16 Å². The van der Waals surface area contributed by atoms with Crippen LogP contribution in [0.3, 0.4) is 0 Å². The van der Waals surface area contributed by atoms with Crippen LogP contribution in [-0.2, 0) is 6.42 Å². The molecule has 1 unspecified atom stereocenters. The van der Waals surface area contributed by atoms with Crippen molar-refractivity contribution in [2.75, 3.05) is 0 Å². The molecule has 96 valence electrons. The SMILES string of the molecule is Cc1cnc(-c2noc(CC(O)C(F)F)n2)nc1. The summed E-state index contributed by atoms with van der Waals surface area (Å²) >= 11 is 0. The van der Waals surface area contributed by atoms with Crippen LogP contribution in [0.15, 0.2) is 16.9 Å². The number of hydrogen-bond acceptors (Lipinski definition) is 6. The molecular formula is C10H10F2N4O2. The van der Waals surface area contributed by atoms with Crippen LogP contribution < -0.4 is 0 Å². The van der Waals surface area contributed by atoms with Crippen LogP contribution in [0.5, 0.6) is 0 Å². The molecule has 8 heteroatoms. The molecule has 2 aromatic heterocycles. The summed E-state index contributed by atoms with van der Waals surface area (Å²) in [5.41, 5.74) is 0.871. The third-order valence-electron chi connectivity index (χ3n) is 2.12. The molecule has 0 amide bonds. The van der Waals surface area contributed by atoms with Crippen LogP contribution in [0.2, 0.25) is 0 Å². The maximum Gasteiger partial charge on any atom is 0.264 e. The summed E-state index contributed by atoms with van der Waals surface area (Å²) in [6.07, 6.45) is -1.93. The first-order valence-electron chi connectivity index (χ1n) is 5.14. The van der Waals surface area contributed by atoms with E-state index in [-0.39, 0.29) is 17.5 Å². The molecule has 6 nitrogen and oxygen atoms in total. The minimum absolute atomic E-state index is 0.0815. The Morgan fingerprint density at radius 2 is 1.94 bits per heavy atom. The minimum Gasteiger partial charge on any atom is -0.387 e. The fraction of sp³-hybridized carbons (Fsp3) is 0.400. The Balaban J connectivity index is 2.13. The molecule has 2 heterocycles. The smallest absolute Gasteiger partial charge is 0.264 e. The maximum absolute atomic E-state index is 12.1. The van der Waals surface area contributed by atoms with Gasteiger partial charge in [0.2, 0.25) is 17.5 Å². The predicted molar refractivity (Wildman–Crippen MR) is 55.8 cm³/mol. The molecule has 0 aromatic carbocycles. The van der Waals surface area contributed by atoms with Crippen LogP contribution in [0, 0.1) is 6.92 Å². The number of alkyl halides is 2. The number of rotatable bonds is 4. The number of aliphatic hydroxyl groups is 1. The fourth-order valence-corrected chi connectivity index (χ4v) is 1.20. The van der Waals surface area contributed by atoms with Crippen molar-refractivity contribution in [3.63, 3.8) is 0 Å².